The van der Waals surface area contributed by atoms with Crippen LogP contribution in [0.1, 0.15) is 41.2 Å². The first-order valence-corrected chi connectivity index (χ1v) is 9.85. The maximum Gasteiger partial charge on any atom is 0.140 e. The van der Waals surface area contributed by atoms with Crippen molar-refractivity contribution in [3.05, 3.63) is 63.7 Å². The summed E-state index contributed by atoms with van der Waals surface area (Å²) in [5.74, 6) is 0.548. The summed E-state index contributed by atoms with van der Waals surface area (Å²) in [5.41, 5.74) is 9.56. The molecule has 0 saturated carbocycles. The molecule has 28 heavy (non-hydrogen) atoms. The van der Waals surface area contributed by atoms with Gasteiger partial charge in [-0.05, 0) is 67.3 Å². The lowest BCUT2D eigenvalue weighted by atomic mass is 10.0. The van der Waals surface area contributed by atoms with E-state index in [0.29, 0.717) is 21.9 Å². The van der Waals surface area contributed by atoms with Crippen LogP contribution in [-0.4, -0.2) is 30.1 Å². The number of halogens is 1. The number of nitrogens with two attached hydrogens (primary N) is 1. The molecule has 0 radical (unpaired) electrons. The van der Waals surface area contributed by atoms with Crippen molar-refractivity contribution in [3.8, 4) is 17.9 Å². The van der Waals surface area contributed by atoms with Gasteiger partial charge in [-0.3, -0.25) is 4.90 Å². The fourth-order valence-electron chi connectivity index (χ4n) is 4.26. The van der Waals surface area contributed by atoms with Crippen LogP contribution in [0.15, 0.2) is 36.4 Å². The Morgan fingerprint density at radius 2 is 1.86 bits per heavy atom. The zero-order valence-electron chi connectivity index (χ0n) is 15.4. The quantitative estimate of drug-likeness (QED) is 0.863. The monoisotopic (exact) mass is 392 g/mol. The van der Waals surface area contributed by atoms with Gasteiger partial charge >= 0.3 is 0 Å². The lowest BCUT2D eigenvalue weighted by Gasteiger charge is -2.38. The molecule has 6 heteroatoms. The minimum Gasteiger partial charge on any atom is -0.482 e. The van der Waals surface area contributed by atoms with Gasteiger partial charge in [-0.2, -0.15) is 10.5 Å². The van der Waals surface area contributed by atoms with Gasteiger partial charge < -0.3 is 10.5 Å². The number of benzene rings is 2. The van der Waals surface area contributed by atoms with Crippen LogP contribution in [0.2, 0.25) is 5.02 Å². The van der Waals surface area contributed by atoms with Gasteiger partial charge in [-0.15, -0.1) is 0 Å². The van der Waals surface area contributed by atoms with E-state index < -0.39 is 0 Å². The number of hydrogen-bond acceptors (Lipinski definition) is 5. The summed E-state index contributed by atoms with van der Waals surface area (Å²) >= 11 is 6.37. The van der Waals surface area contributed by atoms with Crippen molar-refractivity contribution in [2.75, 3.05) is 13.1 Å². The van der Waals surface area contributed by atoms with E-state index in [2.05, 4.69) is 17.0 Å². The second-order valence-electron chi connectivity index (χ2n) is 7.49. The summed E-state index contributed by atoms with van der Waals surface area (Å²) in [4.78, 5) is 2.41. The largest absolute Gasteiger partial charge is 0.482 e. The Balaban J connectivity index is 1.69. The zero-order chi connectivity index (χ0) is 19.7. The van der Waals surface area contributed by atoms with E-state index in [-0.39, 0.29) is 18.2 Å². The normalized spacial score (nSPS) is 24.2. The number of nitrogens with zero attached hydrogens (tertiary/aromatic N) is 3. The number of fused-ring (bicyclic) bond motifs is 1. The van der Waals surface area contributed by atoms with Crippen molar-refractivity contribution in [2.24, 2.45) is 5.73 Å². The average molecular weight is 393 g/mol. The summed E-state index contributed by atoms with van der Waals surface area (Å²) in [5, 5.41) is 18.8. The Bertz CT molecular complexity index is 977. The molecule has 1 fully saturated rings. The molecule has 5 nitrogen and oxygen atoms in total. The molecule has 0 amide bonds. The van der Waals surface area contributed by atoms with Crippen LogP contribution in [0.5, 0.6) is 5.75 Å². The predicted octanol–water partition coefficient (Wildman–Crippen LogP) is 3.55. The summed E-state index contributed by atoms with van der Waals surface area (Å²) in [6.45, 7) is 1.82. The Morgan fingerprint density at radius 1 is 1.11 bits per heavy atom. The SMILES string of the molecule is N#Cc1ccc(O[C@@H]2c3cc(C#N)ccc3C[C@H]2N2CCC[C@@H](N)C2)c(Cl)c1. The number of hydrogen-bond donors (Lipinski definition) is 1. The van der Waals surface area contributed by atoms with Crippen LogP contribution < -0.4 is 10.5 Å². The van der Waals surface area contributed by atoms with Crippen molar-refractivity contribution >= 4 is 11.6 Å². The van der Waals surface area contributed by atoms with Crippen LogP contribution in [0.3, 0.4) is 0 Å². The van der Waals surface area contributed by atoms with E-state index in [9.17, 15) is 5.26 Å². The third-order valence-corrected chi connectivity index (χ3v) is 5.93. The summed E-state index contributed by atoms with van der Waals surface area (Å²) in [7, 11) is 0. The van der Waals surface area contributed by atoms with Crippen LogP contribution in [0, 0.1) is 22.7 Å². The Labute approximate surface area is 169 Å². The second-order valence-corrected chi connectivity index (χ2v) is 7.90. The van der Waals surface area contributed by atoms with Gasteiger partial charge in [-0.25, -0.2) is 0 Å². The van der Waals surface area contributed by atoms with Crippen molar-refractivity contribution in [1.82, 2.24) is 4.90 Å². The molecular weight excluding hydrogens is 372 g/mol. The average Bonchev–Trinajstić information content (AvgIpc) is 3.07. The van der Waals surface area contributed by atoms with E-state index >= 15 is 0 Å². The molecule has 1 saturated heterocycles. The van der Waals surface area contributed by atoms with Crippen LogP contribution >= 0.6 is 11.6 Å². The maximum atomic E-state index is 9.33. The molecule has 4 rings (SSSR count). The second kappa shape index (κ2) is 7.81. The van der Waals surface area contributed by atoms with E-state index in [1.54, 1.807) is 18.2 Å². The van der Waals surface area contributed by atoms with Gasteiger partial charge in [0.1, 0.15) is 11.9 Å². The lowest BCUT2D eigenvalue weighted by molar-refractivity contribution is 0.0593. The molecule has 0 unspecified atom stereocenters. The van der Waals surface area contributed by atoms with E-state index in [0.717, 1.165) is 37.9 Å². The Kier molecular flexibility index (Phi) is 5.24. The molecule has 1 aliphatic heterocycles. The van der Waals surface area contributed by atoms with Gasteiger partial charge in [0.15, 0.2) is 0 Å². The third kappa shape index (κ3) is 3.57. The fraction of sp³-hybridized carbons (Fsp3) is 0.364. The molecule has 142 valence electrons. The smallest absolute Gasteiger partial charge is 0.140 e. The number of ether oxygens (including phenoxy) is 1. The Hall–Kier alpha value is -2.57. The highest BCUT2D eigenvalue weighted by Gasteiger charge is 2.39. The molecular formula is C22H21ClN4O. The summed E-state index contributed by atoms with van der Waals surface area (Å²) in [6, 6.07) is 15.5. The molecule has 1 aliphatic carbocycles. The van der Waals surface area contributed by atoms with Crippen molar-refractivity contribution in [2.45, 2.75) is 37.5 Å². The molecule has 0 bridgehead atoms. The molecule has 2 aliphatic rings. The number of likely N-dealkylation sites (tertiary alicyclic amines) is 1. The van der Waals surface area contributed by atoms with Gasteiger partial charge in [0.05, 0.1) is 34.3 Å². The minimum atomic E-state index is -0.237. The lowest BCUT2D eigenvalue weighted by Crippen LogP contribution is -2.49. The third-order valence-electron chi connectivity index (χ3n) is 5.63. The van der Waals surface area contributed by atoms with Crippen molar-refractivity contribution in [3.63, 3.8) is 0 Å². The van der Waals surface area contributed by atoms with Crippen molar-refractivity contribution in [1.29, 1.82) is 10.5 Å². The summed E-state index contributed by atoms with van der Waals surface area (Å²) < 4.78 is 6.40. The molecule has 2 aromatic rings. The zero-order valence-corrected chi connectivity index (χ0v) is 16.2. The van der Waals surface area contributed by atoms with Gasteiger partial charge in [0.25, 0.3) is 0 Å². The van der Waals surface area contributed by atoms with E-state index in [4.69, 9.17) is 27.3 Å². The number of rotatable bonds is 3. The molecule has 3 atom stereocenters. The van der Waals surface area contributed by atoms with Crippen molar-refractivity contribution < 1.29 is 4.74 Å². The molecule has 0 aromatic heterocycles. The molecule has 0 spiro atoms. The van der Waals surface area contributed by atoms with Gasteiger partial charge in [-0.1, -0.05) is 17.7 Å². The highest BCUT2D eigenvalue weighted by Crippen LogP contribution is 2.41. The van der Waals surface area contributed by atoms with Crippen LogP contribution in [0.25, 0.3) is 0 Å². The first-order chi connectivity index (χ1) is 13.6. The molecule has 1 heterocycles. The highest BCUT2D eigenvalue weighted by atomic mass is 35.5. The van der Waals surface area contributed by atoms with Gasteiger partial charge in [0.2, 0.25) is 0 Å². The first-order valence-electron chi connectivity index (χ1n) is 9.48. The van der Waals surface area contributed by atoms with E-state index in [1.807, 2.05) is 18.2 Å². The predicted molar refractivity (Wildman–Crippen MR) is 107 cm³/mol. The fourth-order valence-corrected chi connectivity index (χ4v) is 4.49. The van der Waals surface area contributed by atoms with Gasteiger partial charge in [0, 0.05) is 12.6 Å². The summed E-state index contributed by atoms with van der Waals surface area (Å²) in [6.07, 6.45) is 2.73. The minimum absolute atomic E-state index is 0.141. The highest BCUT2D eigenvalue weighted by molar-refractivity contribution is 6.32. The maximum absolute atomic E-state index is 9.33. The number of nitriles is 2. The standard InChI is InChI=1S/C22H21ClN4O/c23-19-9-15(12-25)4-6-21(19)28-22-18-8-14(11-24)3-5-16(18)10-20(22)27-7-1-2-17(26)13-27/h3-6,8-9,17,20,22H,1-2,7,10,13,26H2/t17-,20-,22-/m1/s1. The van der Waals surface area contributed by atoms with Crippen LogP contribution in [0.4, 0.5) is 0 Å². The topological polar surface area (TPSA) is 86.1 Å². The Morgan fingerprint density at radius 3 is 2.57 bits per heavy atom. The van der Waals surface area contributed by atoms with E-state index in [1.165, 1.54) is 5.56 Å². The van der Waals surface area contributed by atoms with Crippen LogP contribution in [-0.2, 0) is 6.42 Å². The molecule has 2 aromatic carbocycles. The number of piperidine rings is 1. The molecule has 2 N–H and O–H groups in total. The first kappa shape index (κ1) is 18.8.